The number of H-pyrrole nitrogens is 1. The van der Waals surface area contributed by atoms with Gasteiger partial charge in [-0.3, -0.25) is 9.78 Å². The van der Waals surface area contributed by atoms with Crippen LogP contribution in [0, 0.1) is 5.82 Å². The van der Waals surface area contributed by atoms with Crippen LogP contribution in [-0.4, -0.2) is 32.4 Å². The van der Waals surface area contributed by atoms with E-state index in [1.54, 1.807) is 12.2 Å². The smallest absolute Gasteiger partial charge is 0.271 e. The molecule has 0 fully saturated rings. The van der Waals surface area contributed by atoms with E-state index in [0.29, 0.717) is 25.2 Å². The summed E-state index contributed by atoms with van der Waals surface area (Å²) in [6, 6.07) is 2.84. The monoisotopic (exact) mass is 454 g/mol. The molecule has 9 heteroatoms. The van der Waals surface area contributed by atoms with Gasteiger partial charge in [-0.15, -0.1) is 11.3 Å². The lowest BCUT2D eigenvalue weighted by atomic mass is 10.1. The van der Waals surface area contributed by atoms with Gasteiger partial charge in [-0.25, -0.2) is 14.4 Å². The Hall–Kier alpha value is -3.17. The summed E-state index contributed by atoms with van der Waals surface area (Å²) in [5.41, 5.74) is 2.22. The first-order chi connectivity index (χ1) is 15.4. The van der Waals surface area contributed by atoms with Gasteiger partial charge in [-0.2, -0.15) is 0 Å². The van der Waals surface area contributed by atoms with Crippen molar-refractivity contribution in [2.75, 3.05) is 6.54 Å². The Labute approximate surface area is 190 Å². The minimum Gasteiger partial charge on any atom is -0.345 e. The first-order valence-corrected chi connectivity index (χ1v) is 11.2. The Morgan fingerprint density at radius 2 is 2.09 bits per heavy atom. The van der Waals surface area contributed by atoms with E-state index in [1.165, 1.54) is 29.7 Å². The van der Waals surface area contributed by atoms with Crippen molar-refractivity contribution in [2.45, 2.75) is 39.3 Å². The molecule has 0 spiro atoms. The molecule has 0 aliphatic rings. The van der Waals surface area contributed by atoms with Gasteiger partial charge in [-0.05, 0) is 30.2 Å². The molecule has 0 saturated carbocycles. The lowest BCUT2D eigenvalue weighted by Gasteiger charge is -2.07. The molecule has 0 saturated heterocycles. The topological polar surface area (TPSA) is 95.6 Å². The second kappa shape index (κ2) is 10.9. The number of pyridine rings is 1. The Morgan fingerprint density at radius 1 is 1.28 bits per heavy atom. The average Bonchev–Trinajstić information content (AvgIpc) is 3.40. The van der Waals surface area contributed by atoms with Crippen molar-refractivity contribution in [1.82, 2.24) is 30.6 Å². The lowest BCUT2D eigenvalue weighted by Crippen LogP contribution is -2.25. The van der Waals surface area contributed by atoms with E-state index < -0.39 is 5.82 Å². The maximum atomic E-state index is 13.8. The number of aromatic amines is 1. The first-order valence-electron chi connectivity index (χ1n) is 10.3. The van der Waals surface area contributed by atoms with Crippen molar-refractivity contribution in [3.8, 4) is 0 Å². The second-order valence-electron chi connectivity index (χ2n) is 7.41. The van der Waals surface area contributed by atoms with Crippen LogP contribution >= 0.6 is 11.3 Å². The molecule has 0 aromatic carbocycles. The van der Waals surface area contributed by atoms with Gasteiger partial charge in [-0.1, -0.05) is 27.0 Å². The van der Waals surface area contributed by atoms with Crippen LogP contribution in [-0.2, 0) is 19.5 Å². The molecule has 3 heterocycles. The maximum Gasteiger partial charge on any atom is 0.271 e. The van der Waals surface area contributed by atoms with Gasteiger partial charge >= 0.3 is 0 Å². The summed E-state index contributed by atoms with van der Waals surface area (Å²) in [5.74, 6) is 0.190. The summed E-state index contributed by atoms with van der Waals surface area (Å²) >= 11 is 1.53. The van der Waals surface area contributed by atoms with E-state index in [1.807, 2.05) is 13.8 Å². The number of nitrogens with one attached hydrogen (secondary N) is 3. The average molecular weight is 455 g/mol. The Kier molecular flexibility index (Phi) is 8.02. The van der Waals surface area contributed by atoms with Crippen molar-refractivity contribution >= 4 is 29.4 Å². The summed E-state index contributed by atoms with van der Waals surface area (Å²) in [7, 11) is 0. The Balaban J connectivity index is 1.58. The van der Waals surface area contributed by atoms with Gasteiger partial charge in [0.25, 0.3) is 5.91 Å². The van der Waals surface area contributed by atoms with E-state index in [-0.39, 0.29) is 24.1 Å². The molecule has 0 unspecified atom stereocenters. The minimum absolute atomic E-state index is 0.0139. The molecule has 3 aromatic heterocycles. The van der Waals surface area contributed by atoms with Gasteiger partial charge in [0.1, 0.15) is 17.3 Å². The van der Waals surface area contributed by atoms with Gasteiger partial charge in [0, 0.05) is 24.0 Å². The molecule has 0 radical (unpaired) electrons. The van der Waals surface area contributed by atoms with E-state index in [4.69, 9.17) is 0 Å². The van der Waals surface area contributed by atoms with Gasteiger partial charge in [0.2, 0.25) is 0 Å². The number of halogens is 1. The highest BCUT2D eigenvalue weighted by molar-refractivity contribution is 7.12. The van der Waals surface area contributed by atoms with E-state index >= 15 is 0 Å². The van der Waals surface area contributed by atoms with Crippen LogP contribution in [0.1, 0.15) is 63.0 Å². The van der Waals surface area contributed by atoms with E-state index in [2.05, 4.69) is 43.7 Å². The zero-order valence-corrected chi connectivity index (χ0v) is 19.1. The highest BCUT2D eigenvalue weighted by atomic mass is 32.1. The predicted molar refractivity (Wildman–Crippen MR) is 126 cm³/mol. The number of carbonyl (C=O) groups excluding carboxylic acids is 1. The summed E-state index contributed by atoms with van der Waals surface area (Å²) in [4.78, 5) is 29.8. The molecule has 32 heavy (non-hydrogen) atoms. The van der Waals surface area contributed by atoms with Crippen LogP contribution in [0.15, 0.2) is 31.5 Å². The van der Waals surface area contributed by atoms with Crippen molar-refractivity contribution in [3.63, 3.8) is 0 Å². The fraction of sp³-hybridized carbons (Fsp3) is 0.304. The third kappa shape index (κ3) is 5.74. The summed E-state index contributed by atoms with van der Waals surface area (Å²) in [6.45, 7) is 12.8. The molecule has 3 aromatic rings. The van der Waals surface area contributed by atoms with Crippen molar-refractivity contribution in [1.29, 1.82) is 0 Å². The van der Waals surface area contributed by atoms with Gasteiger partial charge in [0.15, 0.2) is 0 Å². The third-order valence-corrected chi connectivity index (χ3v) is 6.12. The molecule has 0 atom stereocenters. The van der Waals surface area contributed by atoms with Crippen molar-refractivity contribution in [3.05, 3.63) is 75.8 Å². The van der Waals surface area contributed by atoms with Crippen LogP contribution in [0.25, 0.3) is 12.2 Å². The number of aromatic nitrogens is 4. The highest BCUT2D eigenvalue weighted by Crippen LogP contribution is 2.27. The largest absolute Gasteiger partial charge is 0.345 e. The van der Waals surface area contributed by atoms with E-state index in [0.717, 1.165) is 27.1 Å². The summed E-state index contributed by atoms with van der Waals surface area (Å²) in [6.07, 6.45) is 5.58. The molecule has 0 bridgehead atoms. The molecule has 168 valence electrons. The zero-order valence-electron chi connectivity index (χ0n) is 18.2. The number of hydrogen-bond acceptors (Lipinski definition) is 6. The molecule has 3 N–H and O–H groups in total. The number of thiazole rings is 1. The Bertz CT molecular complexity index is 1080. The number of hydrogen-bond donors (Lipinski definition) is 3. The van der Waals surface area contributed by atoms with Crippen LogP contribution in [0.4, 0.5) is 4.39 Å². The SMILES string of the molecule is C=Cc1nc(CNCCc2nc(C(=O)NCc3ncccc3F)c(C(C)C)s2)[nH]c1C=C. The molecule has 7 nitrogen and oxygen atoms in total. The van der Waals surface area contributed by atoms with E-state index in [9.17, 15) is 9.18 Å². The number of amides is 1. The van der Waals surface area contributed by atoms with Crippen molar-refractivity contribution in [2.24, 2.45) is 0 Å². The van der Waals surface area contributed by atoms with Gasteiger partial charge < -0.3 is 15.6 Å². The first kappa shape index (κ1) is 23.5. The van der Waals surface area contributed by atoms with Crippen LogP contribution in [0.3, 0.4) is 0 Å². The molecule has 0 aliphatic carbocycles. The maximum absolute atomic E-state index is 13.8. The minimum atomic E-state index is -0.445. The lowest BCUT2D eigenvalue weighted by molar-refractivity contribution is 0.0944. The Morgan fingerprint density at radius 3 is 2.75 bits per heavy atom. The standard InChI is InChI=1S/C23H27FN6OS/c1-5-16-17(6-2)29-19(28-16)13-25-11-9-20-30-21(22(32-20)14(3)4)23(31)27-12-18-15(24)8-7-10-26-18/h5-8,10,14,25H,1-2,9,11-13H2,3-4H3,(H,27,31)(H,28,29). The number of rotatable bonds is 11. The predicted octanol–water partition coefficient (Wildman–Crippen LogP) is 4.07. The normalized spacial score (nSPS) is 11.0. The molecule has 0 aliphatic heterocycles. The number of nitrogens with zero attached hydrogens (tertiary/aromatic N) is 3. The number of carbonyl (C=O) groups is 1. The summed E-state index contributed by atoms with van der Waals surface area (Å²) < 4.78 is 13.8. The molecular formula is C23H27FN6OS. The number of imidazole rings is 1. The van der Waals surface area contributed by atoms with Crippen LogP contribution in [0.2, 0.25) is 0 Å². The fourth-order valence-electron chi connectivity index (χ4n) is 3.09. The molecular weight excluding hydrogens is 427 g/mol. The molecule has 1 amide bonds. The van der Waals surface area contributed by atoms with Crippen molar-refractivity contribution < 1.29 is 9.18 Å². The fourth-order valence-corrected chi connectivity index (χ4v) is 4.15. The highest BCUT2D eigenvalue weighted by Gasteiger charge is 2.20. The zero-order chi connectivity index (χ0) is 23.1. The summed E-state index contributed by atoms with van der Waals surface area (Å²) in [5, 5.41) is 6.93. The van der Waals surface area contributed by atoms with Crippen LogP contribution < -0.4 is 10.6 Å². The third-order valence-electron chi connectivity index (χ3n) is 4.70. The van der Waals surface area contributed by atoms with Crippen LogP contribution in [0.5, 0.6) is 0 Å². The molecule has 3 rings (SSSR count). The second-order valence-corrected chi connectivity index (χ2v) is 8.52. The quantitative estimate of drug-likeness (QED) is 0.380. The van der Waals surface area contributed by atoms with Gasteiger partial charge in [0.05, 0.1) is 35.2 Å².